The molecule has 0 bridgehead atoms. The molecule has 0 fully saturated rings. The van der Waals surface area contributed by atoms with Crippen LogP contribution in [0.5, 0.6) is 0 Å². The van der Waals surface area contributed by atoms with Gasteiger partial charge in [0.15, 0.2) is 5.16 Å². The third kappa shape index (κ3) is 5.87. The number of carbonyl (C=O) groups is 2. The van der Waals surface area contributed by atoms with Gasteiger partial charge in [0.25, 0.3) is 5.56 Å². The SMILES string of the molecule is COC(=O)Cc1cc(=O)[nH]c(SCC(=O)OC(C)C)n1. The van der Waals surface area contributed by atoms with Crippen LogP contribution in [0.1, 0.15) is 19.5 Å². The van der Waals surface area contributed by atoms with E-state index < -0.39 is 17.5 Å². The molecule has 0 spiro atoms. The molecule has 0 amide bonds. The van der Waals surface area contributed by atoms with Crippen molar-refractivity contribution in [2.24, 2.45) is 0 Å². The van der Waals surface area contributed by atoms with E-state index in [9.17, 15) is 14.4 Å². The fourth-order valence-electron chi connectivity index (χ4n) is 1.29. The number of carbonyl (C=O) groups excluding carboxylic acids is 2. The number of nitrogens with zero attached hydrogens (tertiary/aromatic N) is 1. The quantitative estimate of drug-likeness (QED) is 0.465. The second-order valence-corrected chi connectivity index (χ2v) is 5.09. The summed E-state index contributed by atoms with van der Waals surface area (Å²) >= 11 is 1.04. The monoisotopic (exact) mass is 300 g/mol. The van der Waals surface area contributed by atoms with Crippen molar-refractivity contribution in [2.75, 3.05) is 12.9 Å². The van der Waals surface area contributed by atoms with Crippen LogP contribution in [0.25, 0.3) is 0 Å². The van der Waals surface area contributed by atoms with E-state index in [1.807, 2.05) is 0 Å². The van der Waals surface area contributed by atoms with E-state index in [-0.39, 0.29) is 23.4 Å². The number of thioether (sulfide) groups is 1. The Morgan fingerprint density at radius 2 is 2.10 bits per heavy atom. The zero-order chi connectivity index (χ0) is 15.1. The van der Waals surface area contributed by atoms with Gasteiger partial charge >= 0.3 is 11.9 Å². The Labute approximate surface area is 120 Å². The van der Waals surface area contributed by atoms with Gasteiger partial charge in [0.05, 0.1) is 31.1 Å². The van der Waals surface area contributed by atoms with E-state index in [2.05, 4.69) is 14.7 Å². The number of aromatic amines is 1. The minimum Gasteiger partial charge on any atom is -0.469 e. The van der Waals surface area contributed by atoms with Crippen LogP contribution in [-0.4, -0.2) is 40.9 Å². The molecule has 0 aliphatic carbocycles. The first-order valence-corrected chi connectivity index (χ1v) is 6.88. The number of hydrogen-bond acceptors (Lipinski definition) is 7. The minimum absolute atomic E-state index is 0.0306. The number of ether oxygens (including phenoxy) is 2. The third-order valence-electron chi connectivity index (χ3n) is 2.02. The highest BCUT2D eigenvalue weighted by atomic mass is 32.2. The van der Waals surface area contributed by atoms with Crippen molar-refractivity contribution < 1.29 is 19.1 Å². The number of aromatic nitrogens is 2. The molecule has 1 N–H and O–H groups in total. The predicted molar refractivity (Wildman–Crippen MR) is 72.5 cm³/mol. The lowest BCUT2D eigenvalue weighted by Crippen LogP contribution is -2.16. The molecule has 0 aliphatic rings. The topological polar surface area (TPSA) is 98.4 Å². The zero-order valence-corrected chi connectivity index (χ0v) is 12.3. The minimum atomic E-state index is -0.488. The van der Waals surface area contributed by atoms with E-state index in [1.54, 1.807) is 13.8 Å². The average molecular weight is 300 g/mol. The summed E-state index contributed by atoms with van der Waals surface area (Å²) in [5.41, 5.74) is -0.0982. The smallest absolute Gasteiger partial charge is 0.316 e. The Kier molecular flexibility index (Phi) is 6.23. The average Bonchev–Trinajstić information content (AvgIpc) is 2.34. The molecule has 0 saturated carbocycles. The number of esters is 2. The van der Waals surface area contributed by atoms with Crippen LogP contribution >= 0.6 is 11.8 Å². The second kappa shape index (κ2) is 7.68. The maximum Gasteiger partial charge on any atom is 0.316 e. The van der Waals surface area contributed by atoms with Crippen LogP contribution in [0, 0.1) is 0 Å². The Bertz CT molecular complexity index is 541. The molecule has 8 heteroatoms. The van der Waals surface area contributed by atoms with Crippen LogP contribution in [0.3, 0.4) is 0 Å². The molecular formula is C12H16N2O5S. The molecule has 1 heterocycles. The van der Waals surface area contributed by atoms with Gasteiger partial charge in [-0.15, -0.1) is 0 Å². The Morgan fingerprint density at radius 1 is 1.40 bits per heavy atom. The maximum absolute atomic E-state index is 11.4. The summed E-state index contributed by atoms with van der Waals surface area (Å²) in [5.74, 6) is -0.854. The van der Waals surface area contributed by atoms with Crippen molar-refractivity contribution in [1.82, 2.24) is 9.97 Å². The van der Waals surface area contributed by atoms with Crippen molar-refractivity contribution in [3.63, 3.8) is 0 Å². The van der Waals surface area contributed by atoms with E-state index in [0.29, 0.717) is 5.69 Å². The highest BCUT2D eigenvalue weighted by molar-refractivity contribution is 7.99. The Balaban J connectivity index is 2.68. The van der Waals surface area contributed by atoms with E-state index in [4.69, 9.17) is 4.74 Å². The molecular weight excluding hydrogens is 284 g/mol. The molecule has 0 aromatic carbocycles. The Hall–Kier alpha value is -1.83. The molecule has 7 nitrogen and oxygen atoms in total. The van der Waals surface area contributed by atoms with Gasteiger partial charge < -0.3 is 14.5 Å². The van der Waals surface area contributed by atoms with Crippen LogP contribution < -0.4 is 5.56 Å². The molecule has 0 radical (unpaired) electrons. The van der Waals surface area contributed by atoms with E-state index in [1.165, 1.54) is 13.2 Å². The lowest BCUT2D eigenvalue weighted by Gasteiger charge is -2.07. The van der Waals surface area contributed by atoms with Crippen LogP contribution in [0.15, 0.2) is 16.0 Å². The molecule has 0 aliphatic heterocycles. The lowest BCUT2D eigenvalue weighted by atomic mass is 10.3. The summed E-state index contributed by atoms with van der Waals surface area (Å²) in [6.07, 6.45) is -0.287. The van der Waals surface area contributed by atoms with Crippen molar-refractivity contribution in [1.29, 1.82) is 0 Å². The van der Waals surface area contributed by atoms with Crippen molar-refractivity contribution in [3.05, 3.63) is 22.1 Å². The largest absolute Gasteiger partial charge is 0.469 e. The second-order valence-electron chi connectivity index (χ2n) is 4.12. The normalized spacial score (nSPS) is 10.4. The summed E-state index contributed by atoms with van der Waals surface area (Å²) in [5, 5.41) is 0.261. The first-order chi connectivity index (χ1) is 9.40. The molecule has 1 rings (SSSR count). The van der Waals surface area contributed by atoms with Crippen LogP contribution in [-0.2, 0) is 25.5 Å². The van der Waals surface area contributed by atoms with Gasteiger partial charge in [-0.05, 0) is 13.8 Å². The van der Waals surface area contributed by atoms with E-state index >= 15 is 0 Å². The third-order valence-corrected chi connectivity index (χ3v) is 2.87. The molecule has 110 valence electrons. The first kappa shape index (κ1) is 16.2. The number of rotatable bonds is 6. The molecule has 20 heavy (non-hydrogen) atoms. The van der Waals surface area contributed by atoms with Crippen molar-refractivity contribution in [2.45, 2.75) is 31.5 Å². The number of nitrogens with one attached hydrogen (secondary N) is 1. The number of H-pyrrole nitrogens is 1. The number of hydrogen-bond donors (Lipinski definition) is 1. The predicted octanol–water partition coefficient (Wildman–Crippen LogP) is 0.529. The molecule has 0 atom stereocenters. The van der Waals surface area contributed by atoms with Gasteiger partial charge in [0.1, 0.15) is 0 Å². The van der Waals surface area contributed by atoms with Crippen LogP contribution in [0.2, 0.25) is 0 Å². The molecule has 0 unspecified atom stereocenters. The maximum atomic E-state index is 11.4. The van der Waals surface area contributed by atoms with Gasteiger partial charge in [-0.3, -0.25) is 14.4 Å². The van der Waals surface area contributed by atoms with Gasteiger partial charge in [-0.1, -0.05) is 11.8 Å². The lowest BCUT2D eigenvalue weighted by molar-refractivity contribution is -0.144. The molecule has 0 saturated heterocycles. The highest BCUT2D eigenvalue weighted by Gasteiger charge is 2.10. The standard InChI is InChI=1S/C12H16N2O5S/c1-7(2)19-11(17)6-20-12-13-8(4-9(15)14-12)5-10(16)18-3/h4,7H,5-6H2,1-3H3,(H,13,14,15). The van der Waals surface area contributed by atoms with Gasteiger partial charge in [0, 0.05) is 6.07 Å². The van der Waals surface area contributed by atoms with Gasteiger partial charge in [0.2, 0.25) is 0 Å². The van der Waals surface area contributed by atoms with Gasteiger partial charge in [-0.2, -0.15) is 0 Å². The summed E-state index contributed by atoms with van der Waals surface area (Å²) in [6, 6.07) is 1.22. The highest BCUT2D eigenvalue weighted by Crippen LogP contribution is 2.12. The number of methoxy groups -OCH3 is 1. The van der Waals surface area contributed by atoms with Crippen molar-refractivity contribution >= 4 is 23.7 Å². The summed E-state index contributed by atoms with van der Waals surface area (Å²) < 4.78 is 9.46. The Morgan fingerprint density at radius 3 is 2.70 bits per heavy atom. The fourth-order valence-corrected chi connectivity index (χ4v) is 1.96. The van der Waals surface area contributed by atoms with Crippen LogP contribution in [0.4, 0.5) is 0 Å². The fraction of sp³-hybridized carbons (Fsp3) is 0.500. The molecule has 1 aromatic rings. The van der Waals surface area contributed by atoms with Crippen molar-refractivity contribution in [3.8, 4) is 0 Å². The summed E-state index contributed by atoms with van der Waals surface area (Å²) in [6.45, 7) is 3.50. The zero-order valence-electron chi connectivity index (χ0n) is 11.5. The summed E-state index contributed by atoms with van der Waals surface area (Å²) in [7, 11) is 1.26. The first-order valence-electron chi connectivity index (χ1n) is 5.90. The molecule has 1 aromatic heterocycles. The van der Waals surface area contributed by atoms with Gasteiger partial charge in [-0.25, -0.2) is 4.98 Å². The van der Waals surface area contributed by atoms with E-state index in [0.717, 1.165) is 11.8 Å². The summed E-state index contributed by atoms with van der Waals surface area (Å²) in [4.78, 5) is 40.5.